The van der Waals surface area contributed by atoms with E-state index in [1.54, 1.807) is 31.2 Å². The molecule has 29 heavy (non-hydrogen) atoms. The van der Waals surface area contributed by atoms with Crippen LogP contribution >= 0.6 is 0 Å². The van der Waals surface area contributed by atoms with Gasteiger partial charge in [0.25, 0.3) is 11.6 Å². The standard InChI is InChI=1S/C20H21N3O6/c1-13-3-4-15(20(25)28-2)11-16(13)21-19(24)14-5-6-17(18(12-14)23(26)27)22-7-9-29-10-8-22/h3-6,11-12H,7-10H2,1-2H3,(H,21,24). The van der Waals surface area contributed by atoms with Crippen LogP contribution < -0.4 is 10.2 Å². The van der Waals surface area contributed by atoms with Gasteiger partial charge >= 0.3 is 5.97 Å². The number of hydrogen-bond donors (Lipinski definition) is 1. The Morgan fingerprint density at radius 1 is 1.14 bits per heavy atom. The number of amides is 1. The zero-order chi connectivity index (χ0) is 21.0. The summed E-state index contributed by atoms with van der Waals surface area (Å²) in [6.07, 6.45) is 0. The van der Waals surface area contributed by atoms with E-state index in [9.17, 15) is 19.7 Å². The number of benzene rings is 2. The molecule has 9 nitrogen and oxygen atoms in total. The summed E-state index contributed by atoms with van der Waals surface area (Å²) in [5.74, 6) is -1.03. The third-order valence-corrected chi connectivity index (χ3v) is 4.69. The number of methoxy groups -OCH3 is 1. The van der Waals surface area contributed by atoms with E-state index in [0.29, 0.717) is 43.2 Å². The third-order valence-electron chi connectivity index (χ3n) is 4.69. The average Bonchev–Trinajstić information content (AvgIpc) is 2.74. The van der Waals surface area contributed by atoms with Crippen LogP contribution in [0.25, 0.3) is 0 Å². The molecule has 0 atom stereocenters. The first-order chi connectivity index (χ1) is 13.9. The van der Waals surface area contributed by atoms with Crippen molar-refractivity contribution < 1.29 is 24.0 Å². The fraction of sp³-hybridized carbons (Fsp3) is 0.300. The molecule has 2 aromatic carbocycles. The highest BCUT2D eigenvalue weighted by Gasteiger charge is 2.23. The summed E-state index contributed by atoms with van der Waals surface area (Å²) in [5.41, 5.74) is 1.93. The van der Waals surface area contributed by atoms with Crippen LogP contribution in [0.15, 0.2) is 36.4 Å². The Morgan fingerprint density at radius 3 is 2.48 bits per heavy atom. The number of nitrogens with zero attached hydrogens (tertiary/aromatic N) is 2. The minimum Gasteiger partial charge on any atom is -0.465 e. The maximum absolute atomic E-state index is 12.7. The molecule has 1 aliphatic rings. The molecule has 0 radical (unpaired) electrons. The predicted molar refractivity (Wildman–Crippen MR) is 107 cm³/mol. The Labute approximate surface area is 167 Å². The van der Waals surface area contributed by atoms with Crippen LogP contribution in [0, 0.1) is 17.0 Å². The molecule has 0 unspecified atom stereocenters. The third kappa shape index (κ3) is 4.52. The van der Waals surface area contributed by atoms with Crippen molar-refractivity contribution in [3.63, 3.8) is 0 Å². The Morgan fingerprint density at radius 2 is 1.83 bits per heavy atom. The lowest BCUT2D eigenvalue weighted by Crippen LogP contribution is -2.36. The molecule has 1 saturated heterocycles. The summed E-state index contributed by atoms with van der Waals surface area (Å²) in [7, 11) is 1.27. The zero-order valence-corrected chi connectivity index (χ0v) is 16.1. The maximum atomic E-state index is 12.7. The van der Waals surface area contributed by atoms with Crippen molar-refractivity contribution in [3.8, 4) is 0 Å². The number of morpholine rings is 1. The molecule has 0 bridgehead atoms. The molecule has 1 N–H and O–H groups in total. The van der Waals surface area contributed by atoms with Gasteiger partial charge in [-0.1, -0.05) is 6.07 Å². The van der Waals surface area contributed by atoms with Crippen LogP contribution in [-0.4, -0.2) is 50.2 Å². The van der Waals surface area contributed by atoms with Gasteiger partial charge in [0.2, 0.25) is 0 Å². The number of carbonyl (C=O) groups is 2. The molecule has 1 amide bonds. The summed E-state index contributed by atoms with van der Waals surface area (Å²) in [6.45, 7) is 3.86. The Bertz CT molecular complexity index is 953. The minimum atomic E-state index is -0.522. The number of carbonyl (C=O) groups excluding carboxylic acids is 2. The lowest BCUT2D eigenvalue weighted by Gasteiger charge is -2.28. The van der Waals surface area contributed by atoms with Gasteiger partial charge in [0.15, 0.2) is 0 Å². The van der Waals surface area contributed by atoms with Crippen LogP contribution in [0.5, 0.6) is 0 Å². The van der Waals surface area contributed by atoms with Crippen molar-refractivity contribution >= 4 is 28.9 Å². The van der Waals surface area contributed by atoms with Crippen LogP contribution in [-0.2, 0) is 9.47 Å². The predicted octanol–water partition coefficient (Wildman–Crippen LogP) is 2.78. The fourth-order valence-electron chi connectivity index (χ4n) is 3.08. The van der Waals surface area contributed by atoms with E-state index in [2.05, 4.69) is 5.32 Å². The second-order valence-electron chi connectivity index (χ2n) is 6.54. The first kappa shape index (κ1) is 20.3. The normalized spacial score (nSPS) is 13.7. The number of rotatable bonds is 5. The van der Waals surface area contributed by atoms with Crippen molar-refractivity contribution in [2.45, 2.75) is 6.92 Å². The van der Waals surface area contributed by atoms with Gasteiger partial charge in [-0.05, 0) is 36.8 Å². The molecular weight excluding hydrogens is 378 g/mol. The van der Waals surface area contributed by atoms with Gasteiger partial charge in [-0.3, -0.25) is 14.9 Å². The summed E-state index contributed by atoms with van der Waals surface area (Å²) in [4.78, 5) is 37.4. The zero-order valence-electron chi connectivity index (χ0n) is 16.1. The maximum Gasteiger partial charge on any atom is 0.337 e. The second-order valence-corrected chi connectivity index (χ2v) is 6.54. The number of nitro benzene ring substituents is 1. The number of nitrogens with one attached hydrogen (secondary N) is 1. The summed E-state index contributed by atoms with van der Waals surface area (Å²) < 4.78 is 9.98. The van der Waals surface area contributed by atoms with Gasteiger partial charge in [0.1, 0.15) is 5.69 Å². The molecule has 0 saturated carbocycles. The summed E-state index contributed by atoms with van der Waals surface area (Å²) in [6, 6.07) is 9.18. The molecule has 0 aromatic heterocycles. The van der Waals surface area contributed by atoms with Crippen molar-refractivity contribution in [1.82, 2.24) is 0 Å². The number of nitro groups is 1. The molecule has 2 aromatic rings. The monoisotopic (exact) mass is 399 g/mol. The number of aryl methyl sites for hydroxylation is 1. The molecule has 1 fully saturated rings. The topological polar surface area (TPSA) is 111 Å². The minimum absolute atomic E-state index is 0.139. The largest absolute Gasteiger partial charge is 0.465 e. The molecule has 0 aliphatic carbocycles. The quantitative estimate of drug-likeness (QED) is 0.467. The van der Waals surface area contributed by atoms with E-state index in [4.69, 9.17) is 9.47 Å². The fourth-order valence-corrected chi connectivity index (χ4v) is 3.08. The van der Waals surface area contributed by atoms with Gasteiger partial charge in [-0.2, -0.15) is 0 Å². The van der Waals surface area contributed by atoms with Crippen molar-refractivity contribution in [2.75, 3.05) is 43.6 Å². The van der Waals surface area contributed by atoms with Crippen LogP contribution in [0.2, 0.25) is 0 Å². The molecule has 1 heterocycles. The van der Waals surface area contributed by atoms with Gasteiger partial charge < -0.3 is 19.7 Å². The summed E-state index contributed by atoms with van der Waals surface area (Å²) in [5, 5.41) is 14.3. The van der Waals surface area contributed by atoms with Crippen LogP contribution in [0.3, 0.4) is 0 Å². The first-order valence-corrected chi connectivity index (χ1v) is 9.02. The van der Waals surface area contributed by atoms with Gasteiger partial charge in [-0.25, -0.2) is 4.79 Å². The highest BCUT2D eigenvalue weighted by molar-refractivity contribution is 6.06. The molecule has 0 spiro atoms. The Balaban J connectivity index is 1.87. The molecule has 1 aliphatic heterocycles. The smallest absolute Gasteiger partial charge is 0.337 e. The van der Waals surface area contributed by atoms with E-state index in [0.717, 1.165) is 5.56 Å². The molecule has 9 heteroatoms. The first-order valence-electron chi connectivity index (χ1n) is 9.02. The Kier molecular flexibility index (Phi) is 6.08. The Hall–Kier alpha value is -3.46. The van der Waals surface area contributed by atoms with E-state index in [1.807, 2.05) is 4.90 Å². The van der Waals surface area contributed by atoms with Crippen molar-refractivity contribution in [2.24, 2.45) is 0 Å². The number of hydrogen-bond acceptors (Lipinski definition) is 7. The number of anilines is 2. The lowest BCUT2D eigenvalue weighted by atomic mass is 10.1. The average molecular weight is 399 g/mol. The van der Waals surface area contributed by atoms with Crippen LogP contribution in [0.4, 0.5) is 17.1 Å². The van der Waals surface area contributed by atoms with Gasteiger partial charge in [0.05, 0.1) is 30.8 Å². The highest BCUT2D eigenvalue weighted by atomic mass is 16.6. The van der Waals surface area contributed by atoms with E-state index in [1.165, 1.54) is 19.2 Å². The van der Waals surface area contributed by atoms with E-state index in [-0.39, 0.29) is 11.3 Å². The lowest BCUT2D eigenvalue weighted by molar-refractivity contribution is -0.384. The van der Waals surface area contributed by atoms with E-state index < -0.39 is 16.8 Å². The van der Waals surface area contributed by atoms with E-state index >= 15 is 0 Å². The van der Waals surface area contributed by atoms with Gasteiger partial charge in [-0.15, -0.1) is 0 Å². The number of esters is 1. The van der Waals surface area contributed by atoms with Crippen molar-refractivity contribution in [1.29, 1.82) is 0 Å². The summed E-state index contributed by atoms with van der Waals surface area (Å²) >= 11 is 0. The number of ether oxygens (including phenoxy) is 2. The SMILES string of the molecule is COC(=O)c1ccc(C)c(NC(=O)c2ccc(N3CCOCC3)c([N+](=O)[O-])c2)c1. The van der Waals surface area contributed by atoms with Crippen molar-refractivity contribution in [3.05, 3.63) is 63.2 Å². The van der Waals surface area contributed by atoms with Crippen LogP contribution in [0.1, 0.15) is 26.3 Å². The second kappa shape index (κ2) is 8.70. The molecule has 152 valence electrons. The van der Waals surface area contributed by atoms with Gasteiger partial charge in [0, 0.05) is 30.4 Å². The molecule has 3 rings (SSSR count). The molecular formula is C20H21N3O6. The highest BCUT2D eigenvalue weighted by Crippen LogP contribution is 2.30.